The standard InChI is InChI=1S/C28H27F3N6O/c1-17-32-10-12-36(17)15-18-13-21(23-16-35(2)34-26(23)28(29,30)31)19-8-11-37(27(38)22(19)14-18)25-7-3-6-24-20(25)5-4-9-33-24/h4-5,9-10,12-14,16,25H,3,6-8,11,15H2,1-2H3. The Kier molecular flexibility index (Phi) is 5.85. The first-order valence-electron chi connectivity index (χ1n) is 12.7. The molecular weight excluding hydrogens is 493 g/mol. The Morgan fingerprint density at radius 2 is 1.89 bits per heavy atom. The second-order valence-electron chi connectivity index (χ2n) is 10.0. The van der Waals surface area contributed by atoms with Gasteiger partial charge in [0.1, 0.15) is 5.82 Å². The molecule has 1 unspecified atom stereocenters. The van der Waals surface area contributed by atoms with Gasteiger partial charge in [0.05, 0.1) is 6.04 Å². The molecular formula is C28H27F3N6O. The molecule has 0 spiro atoms. The van der Waals surface area contributed by atoms with Crippen molar-refractivity contribution in [2.75, 3.05) is 6.54 Å². The number of halogens is 3. The normalized spacial score (nSPS) is 17.4. The lowest BCUT2D eigenvalue weighted by atomic mass is 9.85. The molecule has 6 rings (SSSR count). The maximum absolute atomic E-state index is 14.1. The Morgan fingerprint density at radius 3 is 2.66 bits per heavy atom. The van der Waals surface area contributed by atoms with E-state index < -0.39 is 11.9 Å². The fourth-order valence-corrected chi connectivity index (χ4v) is 5.88. The number of alkyl halides is 3. The number of amides is 1. The molecule has 1 aliphatic heterocycles. The van der Waals surface area contributed by atoms with E-state index in [-0.39, 0.29) is 17.5 Å². The van der Waals surface area contributed by atoms with Crippen molar-refractivity contribution in [1.82, 2.24) is 29.2 Å². The van der Waals surface area contributed by atoms with E-state index in [2.05, 4.69) is 15.1 Å². The van der Waals surface area contributed by atoms with Gasteiger partial charge in [0.2, 0.25) is 0 Å². The van der Waals surface area contributed by atoms with E-state index in [1.165, 1.54) is 17.9 Å². The zero-order valence-corrected chi connectivity index (χ0v) is 21.2. The number of imidazole rings is 1. The molecule has 1 amide bonds. The SMILES string of the molecule is Cc1nccn1Cc1cc2c(c(-c3cn(C)nc3C(F)(F)F)c1)CCN(C1CCCc3ncccc31)C2=O. The van der Waals surface area contributed by atoms with Gasteiger partial charge in [-0.3, -0.25) is 14.5 Å². The Morgan fingerprint density at radius 1 is 1.08 bits per heavy atom. The number of fused-ring (bicyclic) bond motifs is 2. The van der Waals surface area contributed by atoms with Crippen molar-refractivity contribution in [3.63, 3.8) is 0 Å². The smallest absolute Gasteiger partial charge is 0.331 e. The van der Waals surface area contributed by atoms with Gasteiger partial charge < -0.3 is 9.47 Å². The number of hydrogen-bond acceptors (Lipinski definition) is 4. The number of benzene rings is 1. The molecule has 1 aliphatic carbocycles. The third kappa shape index (κ3) is 4.17. The number of aryl methyl sites for hydroxylation is 3. The molecule has 3 aromatic heterocycles. The largest absolute Gasteiger partial charge is 0.435 e. The van der Waals surface area contributed by atoms with Crippen molar-refractivity contribution in [2.24, 2.45) is 7.05 Å². The van der Waals surface area contributed by atoms with Gasteiger partial charge in [-0.05, 0) is 73.1 Å². The monoisotopic (exact) mass is 520 g/mol. The van der Waals surface area contributed by atoms with E-state index in [9.17, 15) is 18.0 Å². The van der Waals surface area contributed by atoms with Crippen molar-refractivity contribution < 1.29 is 18.0 Å². The summed E-state index contributed by atoms with van der Waals surface area (Å²) in [6.45, 7) is 2.68. The lowest BCUT2D eigenvalue weighted by molar-refractivity contribution is -0.140. The molecule has 0 fully saturated rings. The lowest BCUT2D eigenvalue weighted by Crippen LogP contribution is -2.42. The molecule has 0 saturated carbocycles. The summed E-state index contributed by atoms with van der Waals surface area (Å²) in [4.78, 5) is 24.7. The molecule has 0 N–H and O–H groups in total. The van der Waals surface area contributed by atoms with Gasteiger partial charge in [-0.2, -0.15) is 18.3 Å². The van der Waals surface area contributed by atoms with Crippen LogP contribution in [0.5, 0.6) is 0 Å². The summed E-state index contributed by atoms with van der Waals surface area (Å²) in [5.74, 6) is 0.622. The van der Waals surface area contributed by atoms with E-state index in [1.807, 2.05) is 40.8 Å². The molecule has 4 aromatic rings. The van der Waals surface area contributed by atoms with Gasteiger partial charge >= 0.3 is 6.18 Å². The zero-order chi connectivity index (χ0) is 26.6. The molecule has 0 bridgehead atoms. The van der Waals surface area contributed by atoms with Gasteiger partial charge in [0.25, 0.3) is 5.91 Å². The molecule has 38 heavy (non-hydrogen) atoms. The fraction of sp³-hybridized carbons (Fsp3) is 0.357. The number of carbonyl (C=O) groups is 1. The van der Waals surface area contributed by atoms with Crippen LogP contribution in [0.1, 0.15) is 63.1 Å². The van der Waals surface area contributed by atoms with Crippen LogP contribution >= 0.6 is 0 Å². The van der Waals surface area contributed by atoms with E-state index in [1.54, 1.807) is 18.5 Å². The van der Waals surface area contributed by atoms with Crippen LogP contribution < -0.4 is 0 Å². The maximum atomic E-state index is 14.1. The van der Waals surface area contributed by atoms with Crippen molar-refractivity contribution >= 4 is 5.91 Å². The topological polar surface area (TPSA) is 68.8 Å². The first-order valence-corrected chi connectivity index (χ1v) is 12.7. The van der Waals surface area contributed by atoms with Crippen LogP contribution in [0, 0.1) is 6.92 Å². The summed E-state index contributed by atoms with van der Waals surface area (Å²) < 4.78 is 45.1. The Hall–Kier alpha value is -3.95. The summed E-state index contributed by atoms with van der Waals surface area (Å²) in [6.07, 6.45) is 5.15. The number of rotatable bonds is 4. The third-order valence-corrected chi connectivity index (χ3v) is 7.62. The minimum Gasteiger partial charge on any atom is -0.331 e. The van der Waals surface area contributed by atoms with Crippen molar-refractivity contribution in [2.45, 2.75) is 51.4 Å². The van der Waals surface area contributed by atoms with Crippen LogP contribution in [-0.4, -0.2) is 41.7 Å². The Bertz CT molecular complexity index is 1540. The molecule has 0 radical (unpaired) electrons. The lowest BCUT2D eigenvalue weighted by Gasteiger charge is -2.39. The highest BCUT2D eigenvalue weighted by atomic mass is 19.4. The number of pyridine rings is 1. The van der Waals surface area contributed by atoms with Gasteiger partial charge in [-0.1, -0.05) is 6.07 Å². The molecule has 1 atom stereocenters. The van der Waals surface area contributed by atoms with E-state index in [4.69, 9.17) is 0 Å². The number of hydrogen-bond donors (Lipinski definition) is 0. The third-order valence-electron chi connectivity index (χ3n) is 7.62. The van der Waals surface area contributed by atoms with Crippen molar-refractivity contribution in [3.8, 4) is 11.1 Å². The Balaban J connectivity index is 1.48. The first-order chi connectivity index (χ1) is 18.2. The quantitative estimate of drug-likeness (QED) is 0.374. The first kappa shape index (κ1) is 24.4. The van der Waals surface area contributed by atoms with Crippen LogP contribution in [-0.2, 0) is 32.6 Å². The van der Waals surface area contributed by atoms with Crippen molar-refractivity contribution in [1.29, 1.82) is 0 Å². The molecule has 7 nitrogen and oxygen atoms in total. The van der Waals surface area contributed by atoms with Crippen LogP contribution in [0.4, 0.5) is 13.2 Å². The van der Waals surface area contributed by atoms with Gasteiger partial charge in [-0.25, -0.2) is 4.98 Å². The predicted molar refractivity (Wildman–Crippen MR) is 134 cm³/mol. The zero-order valence-electron chi connectivity index (χ0n) is 21.2. The molecule has 2 aliphatic rings. The molecule has 0 saturated heterocycles. The van der Waals surface area contributed by atoms with E-state index >= 15 is 0 Å². The predicted octanol–water partition coefficient (Wildman–Crippen LogP) is 5.13. The van der Waals surface area contributed by atoms with Crippen LogP contribution in [0.25, 0.3) is 11.1 Å². The van der Waals surface area contributed by atoms with Crippen molar-refractivity contribution in [3.05, 3.63) is 88.5 Å². The molecule has 4 heterocycles. The highest BCUT2D eigenvalue weighted by Gasteiger charge is 2.40. The highest BCUT2D eigenvalue weighted by molar-refractivity contribution is 5.99. The highest BCUT2D eigenvalue weighted by Crippen LogP contribution is 2.42. The van der Waals surface area contributed by atoms with Crippen LogP contribution in [0.15, 0.2) is 49.1 Å². The number of carbonyl (C=O) groups excluding carboxylic acids is 1. The summed E-state index contributed by atoms with van der Waals surface area (Å²) in [6, 6.07) is 7.44. The average Bonchev–Trinajstić information content (AvgIpc) is 3.49. The second-order valence-corrected chi connectivity index (χ2v) is 10.0. The van der Waals surface area contributed by atoms with Gasteiger partial charge in [0.15, 0.2) is 5.69 Å². The summed E-state index contributed by atoms with van der Waals surface area (Å²) in [5.41, 5.74) is 3.36. The summed E-state index contributed by atoms with van der Waals surface area (Å²) in [7, 11) is 1.48. The minimum atomic E-state index is -4.62. The van der Waals surface area contributed by atoms with Crippen LogP contribution in [0.3, 0.4) is 0 Å². The summed E-state index contributed by atoms with van der Waals surface area (Å²) in [5, 5.41) is 3.73. The van der Waals surface area contributed by atoms with E-state index in [0.29, 0.717) is 36.2 Å². The van der Waals surface area contributed by atoms with Gasteiger partial charge in [0, 0.05) is 61.7 Å². The number of aromatic nitrogens is 5. The molecule has 1 aromatic carbocycles. The van der Waals surface area contributed by atoms with Crippen LogP contribution in [0.2, 0.25) is 0 Å². The maximum Gasteiger partial charge on any atom is 0.435 e. The number of nitrogens with zero attached hydrogens (tertiary/aromatic N) is 6. The fourth-order valence-electron chi connectivity index (χ4n) is 5.88. The minimum absolute atomic E-state index is 0.00563. The van der Waals surface area contributed by atoms with E-state index in [0.717, 1.165) is 41.9 Å². The molecule has 10 heteroatoms. The Labute approximate surface area is 217 Å². The van der Waals surface area contributed by atoms with Gasteiger partial charge in [-0.15, -0.1) is 0 Å². The summed E-state index contributed by atoms with van der Waals surface area (Å²) >= 11 is 0. The molecule has 196 valence electrons. The average molecular weight is 521 g/mol. The second kappa shape index (κ2) is 9.11.